The number of ether oxygens (including phenoxy) is 2. The SMILES string of the molecule is COc1ccccc1NC(=O)c1nnsc1NC(=O)N1CCOCC1. The van der Waals surface area contributed by atoms with Gasteiger partial charge in [-0.3, -0.25) is 10.1 Å². The van der Waals surface area contributed by atoms with E-state index < -0.39 is 5.91 Å². The van der Waals surface area contributed by atoms with Crippen LogP contribution in [0.4, 0.5) is 15.5 Å². The first-order valence-corrected chi connectivity index (χ1v) is 8.37. The summed E-state index contributed by atoms with van der Waals surface area (Å²) in [6.45, 7) is 1.99. The van der Waals surface area contributed by atoms with E-state index in [-0.39, 0.29) is 11.7 Å². The standard InChI is InChI=1S/C15H17N5O4S/c1-23-11-5-3-2-4-10(11)16-13(21)12-14(25-19-18-12)17-15(22)20-6-8-24-9-7-20/h2-5H,6-9H2,1H3,(H,16,21)(H,17,22). The number of methoxy groups -OCH3 is 1. The van der Waals surface area contributed by atoms with Gasteiger partial charge in [0.2, 0.25) is 0 Å². The number of rotatable bonds is 4. The fourth-order valence-electron chi connectivity index (χ4n) is 2.29. The average molecular weight is 363 g/mol. The van der Waals surface area contributed by atoms with Crippen molar-refractivity contribution in [3.8, 4) is 5.75 Å². The molecule has 132 valence electrons. The molecule has 3 amide bonds. The Hall–Kier alpha value is -2.72. The summed E-state index contributed by atoms with van der Waals surface area (Å²) in [6.07, 6.45) is 0. The molecule has 3 rings (SSSR count). The van der Waals surface area contributed by atoms with Crippen LogP contribution in [0.3, 0.4) is 0 Å². The lowest BCUT2D eigenvalue weighted by Crippen LogP contribution is -2.43. The van der Waals surface area contributed by atoms with Crippen molar-refractivity contribution in [3.63, 3.8) is 0 Å². The van der Waals surface area contributed by atoms with E-state index in [4.69, 9.17) is 9.47 Å². The Morgan fingerprint density at radius 1 is 1.24 bits per heavy atom. The van der Waals surface area contributed by atoms with Gasteiger partial charge in [0.15, 0.2) is 10.7 Å². The van der Waals surface area contributed by atoms with Gasteiger partial charge in [-0.05, 0) is 12.1 Å². The molecule has 1 saturated heterocycles. The minimum Gasteiger partial charge on any atom is -0.495 e. The second kappa shape index (κ2) is 7.90. The van der Waals surface area contributed by atoms with Gasteiger partial charge < -0.3 is 19.7 Å². The molecular formula is C15H17N5O4S. The fourth-order valence-corrected chi connectivity index (χ4v) is 2.85. The topological polar surface area (TPSA) is 106 Å². The van der Waals surface area contributed by atoms with E-state index >= 15 is 0 Å². The van der Waals surface area contributed by atoms with E-state index in [1.165, 1.54) is 7.11 Å². The Labute approximate surface area is 148 Å². The van der Waals surface area contributed by atoms with E-state index in [0.717, 1.165) is 11.5 Å². The molecule has 2 aromatic rings. The summed E-state index contributed by atoms with van der Waals surface area (Å²) >= 11 is 0.948. The summed E-state index contributed by atoms with van der Waals surface area (Å²) in [6, 6.07) is 6.71. The number of nitrogens with zero attached hydrogens (tertiary/aromatic N) is 3. The zero-order chi connectivity index (χ0) is 17.6. The van der Waals surface area contributed by atoms with Crippen LogP contribution in [0.15, 0.2) is 24.3 Å². The molecule has 1 aliphatic rings. The molecular weight excluding hydrogens is 346 g/mol. The van der Waals surface area contributed by atoms with Crippen LogP contribution < -0.4 is 15.4 Å². The summed E-state index contributed by atoms with van der Waals surface area (Å²) in [5.41, 5.74) is 0.561. The molecule has 25 heavy (non-hydrogen) atoms. The number of morpholine rings is 1. The Morgan fingerprint density at radius 2 is 2.00 bits per heavy atom. The number of hydrogen-bond acceptors (Lipinski definition) is 7. The highest BCUT2D eigenvalue weighted by Gasteiger charge is 2.23. The van der Waals surface area contributed by atoms with Crippen molar-refractivity contribution in [2.45, 2.75) is 0 Å². The van der Waals surface area contributed by atoms with Gasteiger partial charge in [-0.2, -0.15) is 0 Å². The molecule has 0 unspecified atom stereocenters. The van der Waals surface area contributed by atoms with Gasteiger partial charge >= 0.3 is 6.03 Å². The van der Waals surface area contributed by atoms with Crippen molar-refractivity contribution in [1.29, 1.82) is 0 Å². The van der Waals surface area contributed by atoms with Crippen LogP contribution in [0.25, 0.3) is 0 Å². The zero-order valence-corrected chi connectivity index (χ0v) is 14.3. The van der Waals surface area contributed by atoms with E-state index in [2.05, 4.69) is 20.2 Å². The first-order valence-electron chi connectivity index (χ1n) is 7.59. The monoisotopic (exact) mass is 363 g/mol. The van der Waals surface area contributed by atoms with Gasteiger partial charge in [0.25, 0.3) is 5.91 Å². The number of carbonyl (C=O) groups is 2. The number of anilines is 2. The highest BCUT2D eigenvalue weighted by Crippen LogP contribution is 2.25. The third-order valence-electron chi connectivity index (χ3n) is 3.58. The lowest BCUT2D eigenvalue weighted by atomic mass is 10.3. The third-order valence-corrected chi connectivity index (χ3v) is 4.22. The molecule has 1 aromatic heterocycles. The molecule has 0 bridgehead atoms. The fraction of sp³-hybridized carbons (Fsp3) is 0.333. The maximum atomic E-state index is 12.5. The first-order chi connectivity index (χ1) is 12.2. The predicted octanol–water partition coefficient (Wildman–Crippen LogP) is 1.66. The highest BCUT2D eigenvalue weighted by molar-refractivity contribution is 7.10. The number of carbonyl (C=O) groups excluding carboxylic acids is 2. The Morgan fingerprint density at radius 3 is 2.76 bits per heavy atom. The van der Waals surface area contributed by atoms with Crippen LogP contribution in [0.5, 0.6) is 5.75 Å². The second-order valence-corrected chi connectivity index (χ2v) is 5.89. The zero-order valence-electron chi connectivity index (χ0n) is 13.5. The summed E-state index contributed by atoms with van der Waals surface area (Å²) in [5.74, 6) is 0.0495. The minimum atomic E-state index is -0.476. The lowest BCUT2D eigenvalue weighted by Gasteiger charge is -2.26. The van der Waals surface area contributed by atoms with E-state index in [1.807, 2.05) is 0 Å². The van der Waals surface area contributed by atoms with Gasteiger partial charge in [0, 0.05) is 24.6 Å². The second-order valence-electron chi connectivity index (χ2n) is 5.13. The Bertz CT molecular complexity index is 760. The third kappa shape index (κ3) is 4.03. The molecule has 0 radical (unpaired) electrons. The largest absolute Gasteiger partial charge is 0.495 e. The number of aromatic nitrogens is 2. The summed E-state index contributed by atoms with van der Waals surface area (Å²) in [5, 5.41) is 9.52. The number of amides is 3. The van der Waals surface area contributed by atoms with Crippen LogP contribution in [0.2, 0.25) is 0 Å². The predicted molar refractivity (Wildman–Crippen MR) is 92.3 cm³/mol. The van der Waals surface area contributed by atoms with Crippen LogP contribution in [-0.2, 0) is 4.74 Å². The lowest BCUT2D eigenvalue weighted by molar-refractivity contribution is 0.0565. The highest BCUT2D eigenvalue weighted by atomic mass is 32.1. The Kier molecular flexibility index (Phi) is 5.41. The van der Waals surface area contributed by atoms with Crippen LogP contribution in [0, 0.1) is 0 Å². The van der Waals surface area contributed by atoms with Gasteiger partial charge in [0.05, 0.1) is 26.0 Å². The van der Waals surface area contributed by atoms with Crippen LogP contribution >= 0.6 is 11.5 Å². The average Bonchev–Trinajstić information content (AvgIpc) is 3.11. The van der Waals surface area contributed by atoms with Crippen LogP contribution in [-0.4, -0.2) is 59.8 Å². The number of nitrogens with one attached hydrogen (secondary N) is 2. The van der Waals surface area contributed by atoms with Crippen molar-refractivity contribution in [3.05, 3.63) is 30.0 Å². The maximum absolute atomic E-state index is 12.5. The summed E-state index contributed by atoms with van der Waals surface area (Å²) in [7, 11) is 1.52. The first kappa shape index (κ1) is 17.1. The van der Waals surface area contributed by atoms with E-state index in [1.54, 1.807) is 29.2 Å². The van der Waals surface area contributed by atoms with Crippen molar-refractivity contribution >= 4 is 34.2 Å². The van der Waals surface area contributed by atoms with Gasteiger partial charge in [0.1, 0.15) is 5.75 Å². The van der Waals surface area contributed by atoms with Crippen molar-refractivity contribution in [1.82, 2.24) is 14.5 Å². The molecule has 0 atom stereocenters. The van der Waals surface area contributed by atoms with E-state index in [9.17, 15) is 9.59 Å². The maximum Gasteiger partial charge on any atom is 0.322 e. The molecule has 1 aliphatic heterocycles. The molecule has 2 N–H and O–H groups in total. The van der Waals surface area contributed by atoms with Crippen LogP contribution in [0.1, 0.15) is 10.5 Å². The van der Waals surface area contributed by atoms with E-state index in [0.29, 0.717) is 42.7 Å². The quantitative estimate of drug-likeness (QED) is 0.856. The van der Waals surface area contributed by atoms with Crippen molar-refractivity contribution < 1.29 is 19.1 Å². The van der Waals surface area contributed by atoms with Gasteiger partial charge in [-0.25, -0.2) is 4.79 Å². The Balaban J connectivity index is 1.70. The summed E-state index contributed by atoms with van der Waals surface area (Å²) < 4.78 is 14.2. The molecule has 0 spiro atoms. The number of urea groups is 1. The summed E-state index contributed by atoms with van der Waals surface area (Å²) in [4.78, 5) is 26.3. The molecule has 0 saturated carbocycles. The van der Waals surface area contributed by atoms with Gasteiger partial charge in [-0.1, -0.05) is 16.6 Å². The molecule has 9 nitrogen and oxygen atoms in total. The smallest absolute Gasteiger partial charge is 0.322 e. The molecule has 2 heterocycles. The van der Waals surface area contributed by atoms with Crippen molar-refractivity contribution in [2.24, 2.45) is 0 Å². The number of hydrogen-bond donors (Lipinski definition) is 2. The minimum absolute atomic E-state index is 0.0533. The normalized spacial score (nSPS) is 14.0. The van der Waals surface area contributed by atoms with Gasteiger partial charge in [-0.15, -0.1) is 5.10 Å². The number of para-hydroxylation sites is 2. The molecule has 1 fully saturated rings. The molecule has 0 aliphatic carbocycles. The number of benzene rings is 1. The molecule has 1 aromatic carbocycles. The molecule has 10 heteroatoms. The van der Waals surface area contributed by atoms with Crippen molar-refractivity contribution in [2.75, 3.05) is 44.0 Å².